The summed E-state index contributed by atoms with van der Waals surface area (Å²) in [4.78, 5) is 36.9. The van der Waals surface area contributed by atoms with Crippen molar-refractivity contribution >= 4 is 22.7 Å². The number of rotatable bonds is 5. The van der Waals surface area contributed by atoms with Gasteiger partial charge in [-0.25, -0.2) is 0 Å². The zero-order valence-electron chi connectivity index (χ0n) is 19.9. The molecule has 0 radical (unpaired) electrons. The van der Waals surface area contributed by atoms with Crippen LogP contribution in [-0.4, -0.2) is 90.6 Å². The molecule has 1 aromatic heterocycles. The van der Waals surface area contributed by atoms with Gasteiger partial charge in [-0.1, -0.05) is 36.4 Å². The van der Waals surface area contributed by atoms with Crippen LogP contribution in [-0.2, 0) is 20.7 Å². The number of para-hydroxylation sites is 2. The van der Waals surface area contributed by atoms with Gasteiger partial charge in [0, 0.05) is 54.8 Å². The van der Waals surface area contributed by atoms with Crippen molar-refractivity contribution in [3.05, 3.63) is 65.4 Å². The zero-order chi connectivity index (χ0) is 23.9. The van der Waals surface area contributed by atoms with Crippen molar-refractivity contribution < 1.29 is 19.1 Å². The number of ether oxygens (including phenoxy) is 2. The first-order valence-corrected chi connectivity index (χ1v) is 12.3. The molecule has 3 aromatic rings. The molecular weight excluding hydrogens is 444 g/mol. The maximum absolute atomic E-state index is 13.8. The Hall–Kier alpha value is -3.36. The number of benzene rings is 2. The minimum absolute atomic E-state index is 0.0219. The van der Waals surface area contributed by atoms with E-state index in [2.05, 4.69) is 16.0 Å². The quantitative estimate of drug-likeness (QED) is 0.614. The fraction of sp³-hybridized carbons (Fsp3) is 0.407. The van der Waals surface area contributed by atoms with E-state index in [9.17, 15) is 9.59 Å². The van der Waals surface area contributed by atoms with Crippen LogP contribution < -0.4 is 4.74 Å². The summed E-state index contributed by atoms with van der Waals surface area (Å²) in [5, 5.41) is 1.10. The van der Waals surface area contributed by atoms with Gasteiger partial charge >= 0.3 is 0 Å². The highest BCUT2D eigenvalue weighted by Gasteiger charge is 2.48. The summed E-state index contributed by atoms with van der Waals surface area (Å²) in [6.45, 7) is 4.56. The van der Waals surface area contributed by atoms with E-state index in [0.29, 0.717) is 31.9 Å². The molecule has 0 aliphatic carbocycles. The van der Waals surface area contributed by atoms with Crippen molar-refractivity contribution in [1.29, 1.82) is 0 Å². The smallest absolute Gasteiger partial charge is 0.246 e. The van der Waals surface area contributed by atoms with Gasteiger partial charge in [0.1, 0.15) is 17.8 Å². The van der Waals surface area contributed by atoms with E-state index in [4.69, 9.17) is 9.47 Å². The van der Waals surface area contributed by atoms with Gasteiger partial charge in [-0.2, -0.15) is 0 Å². The van der Waals surface area contributed by atoms with Crippen LogP contribution in [0.1, 0.15) is 22.9 Å². The third-order valence-corrected chi connectivity index (χ3v) is 7.57. The zero-order valence-corrected chi connectivity index (χ0v) is 19.9. The third kappa shape index (κ3) is 3.77. The van der Waals surface area contributed by atoms with Crippen LogP contribution in [0.15, 0.2) is 48.5 Å². The molecule has 8 heteroatoms. The molecule has 182 valence electrons. The molecule has 0 bridgehead atoms. The van der Waals surface area contributed by atoms with E-state index in [0.717, 1.165) is 47.4 Å². The number of aromatic nitrogens is 1. The average Bonchev–Trinajstić information content (AvgIpc) is 3.28. The Balaban J connectivity index is 1.39. The number of nitrogens with zero attached hydrogens (tertiary/aromatic N) is 3. The molecule has 2 amide bonds. The number of methoxy groups -OCH3 is 1. The molecule has 0 spiro atoms. The van der Waals surface area contributed by atoms with Crippen LogP contribution in [0, 0.1) is 0 Å². The topological polar surface area (TPSA) is 78.1 Å². The normalized spacial score (nSPS) is 22.9. The van der Waals surface area contributed by atoms with Crippen molar-refractivity contribution in [2.24, 2.45) is 0 Å². The number of fused-ring (bicyclic) bond motifs is 4. The molecule has 8 nitrogen and oxygen atoms in total. The van der Waals surface area contributed by atoms with Crippen LogP contribution in [0.5, 0.6) is 5.75 Å². The molecule has 0 saturated carbocycles. The fourth-order valence-electron chi connectivity index (χ4n) is 5.82. The Morgan fingerprint density at radius 1 is 1.03 bits per heavy atom. The summed E-state index contributed by atoms with van der Waals surface area (Å²) in [5.74, 6) is 0.697. The standard InChI is InChI=1S/C27H30N4O4/c1-34-23-9-5-3-7-19(23)26-25-20(18-6-2-4-8-21(18)28-25)16-22-27(33)30(17-24(32)31(22)26)11-10-29-12-14-35-15-13-29/h2-9,22,26,28H,10-17H2,1H3/t22-,26?/m0/s1. The molecule has 2 atom stereocenters. The summed E-state index contributed by atoms with van der Waals surface area (Å²) in [6, 6.07) is 15.0. The second kappa shape index (κ2) is 9.02. The first-order chi connectivity index (χ1) is 17.2. The summed E-state index contributed by atoms with van der Waals surface area (Å²) < 4.78 is 11.1. The van der Waals surface area contributed by atoms with Crippen molar-refractivity contribution in [2.75, 3.05) is 53.0 Å². The number of amides is 2. The van der Waals surface area contributed by atoms with E-state index in [1.54, 1.807) is 16.9 Å². The lowest BCUT2D eigenvalue weighted by atomic mass is 9.86. The third-order valence-electron chi connectivity index (χ3n) is 7.57. The lowest BCUT2D eigenvalue weighted by Crippen LogP contribution is -2.63. The number of carbonyl (C=O) groups excluding carboxylic acids is 2. The number of carbonyl (C=O) groups is 2. The maximum Gasteiger partial charge on any atom is 0.246 e. The van der Waals surface area contributed by atoms with Crippen molar-refractivity contribution in [3.63, 3.8) is 0 Å². The van der Waals surface area contributed by atoms with Gasteiger partial charge in [0.2, 0.25) is 11.8 Å². The molecule has 3 aliphatic rings. The first-order valence-electron chi connectivity index (χ1n) is 12.3. The van der Waals surface area contributed by atoms with E-state index in [1.807, 2.05) is 42.5 Å². The van der Waals surface area contributed by atoms with Gasteiger partial charge in [0.15, 0.2) is 0 Å². The Morgan fingerprint density at radius 3 is 2.63 bits per heavy atom. The van der Waals surface area contributed by atoms with Gasteiger partial charge in [-0.05, 0) is 17.7 Å². The van der Waals surface area contributed by atoms with E-state index in [1.165, 1.54) is 0 Å². The number of hydrogen-bond donors (Lipinski definition) is 1. The van der Waals surface area contributed by atoms with E-state index >= 15 is 0 Å². The summed E-state index contributed by atoms with van der Waals surface area (Å²) in [7, 11) is 1.64. The van der Waals surface area contributed by atoms with Crippen molar-refractivity contribution in [1.82, 2.24) is 19.7 Å². The highest BCUT2D eigenvalue weighted by Crippen LogP contribution is 2.44. The number of piperazine rings is 1. The Bertz CT molecular complexity index is 1270. The highest BCUT2D eigenvalue weighted by atomic mass is 16.5. The summed E-state index contributed by atoms with van der Waals surface area (Å²) >= 11 is 0. The minimum atomic E-state index is -0.539. The van der Waals surface area contributed by atoms with Gasteiger partial charge < -0.3 is 24.3 Å². The Kier molecular flexibility index (Phi) is 5.70. The van der Waals surface area contributed by atoms with Gasteiger partial charge in [0.25, 0.3) is 0 Å². The lowest BCUT2D eigenvalue weighted by Gasteiger charge is -2.47. The minimum Gasteiger partial charge on any atom is -0.496 e. The van der Waals surface area contributed by atoms with Gasteiger partial charge in [-0.3, -0.25) is 14.5 Å². The molecular formula is C27H30N4O4. The molecule has 1 unspecified atom stereocenters. The molecule has 2 aromatic carbocycles. The van der Waals surface area contributed by atoms with Crippen LogP contribution in [0.2, 0.25) is 0 Å². The summed E-state index contributed by atoms with van der Waals surface area (Å²) in [6.07, 6.45) is 0.504. The number of nitrogens with one attached hydrogen (secondary N) is 1. The number of H-pyrrole nitrogens is 1. The SMILES string of the molecule is COc1ccccc1C1c2[nH]c3ccccc3c2C[C@H]2C(=O)N(CCN3CCOCC3)CC(=O)N12. The number of aromatic amines is 1. The molecule has 2 fully saturated rings. The lowest BCUT2D eigenvalue weighted by molar-refractivity contribution is -0.159. The maximum atomic E-state index is 13.8. The summed E-state index contributed by atoms with van der Waals surface area (Å²) in [5.41, 5.74) is 3.97. The molecule has 4 heterocycles. The van der Waals surface area contributed by atoms with Crippen LogP contribution >= 0.6 is 0 Å². The molecule has 6 rings (SSSR count). The van der Waals surface area contributed by atoms with Gasteiger partial charge in [-0.15, -0.1) is 0 Å². The fourth-order valence-corrected chi connectivity index (χ4v) is 5.82. The monoisotopic (exact) mass is 474 g/mol. The van der Waals surface area contributed by atoms with Gasteiger partial charge in [0.05, 0.1) is 26.9 Å². The Morgan fingerprint density at radius 2 is 1.80 bits per heavy atom. The van der Waals surface area contributed by atoms with E-state index < -0.39 is 12.1 Å². The number of morpholine rings is 1. The highest BCUT2D eigenvalue weighted by molar-refractivity contribution is 5.97. The van der Waals surface area contributed by atoms with Crippen LogP contribution in [0.3, 0.4) is 0 Å². The average molecular weight is 475 g/mol. The second-order valence-electron chi connectivity index (χ2n) is 9.44. The first kappa shape index (κ1) is 22.1. The second-order valence-corrected chi connectivity index (χ2v) is 9.44. The molecule has 1 N–H and O–H groups in total. The van der Waals surface area contributed by atoms with Crippen molar-refractivity contribution in [2.45, 2.75) is 18.5 Å². The molecule has 2 saturated heterocycles. The Labute approximate surface area is 204 Å². The molecule has 3 aliphatic heterocycles. The van der Waals surface area contributed by atoms with Crippen LogP contribution in [0.25, 0.3) is 10.9 Å². The van der Waals surface area contributed by atoms with Crippen molar-refractivity contribution in [3.8, 4) is 5.75 Å². The number of hydrogen-bond acceptors (Lipinski definition) is 5. The largest absolute Gasteiger partial charge is 0.496 e. The predicted molar refractivity (Wildman–Crippen MR) is 131 cm³/mol. The molecule has 35 heavy (non-hydrogen) atoms. The van der Waals surface area contributed by atoms with E-state index in [-0.39, 0.29) is 18.4 Å². The van der Waals surface area contributed by atoms with Crippen LogP contribution in [0.4, 0.5) is 0 Å². The predicted octanol–water partition coefficient (Wildman–Crippen LogP) is 2.19.